The first-order valence-electron chi connectivity index (χ1n) is 5.29. The van der Waals surface area contributed by atoms with E-state index >= 15 is 0 Å². The third kappa shape index (κ3) is 2.96. The average Bonchev–Trinajstić information content (AvgIpc) is 3.09. The fourth-order valence-electron chi connectivity index (χ4n) is 1.38. The molecule has 0 bridgehead atoms. The monoisotopic (exact) mass is 294 g/mol. The number of hydrogen-bond acceptors (Lipinski definition) is 7. The van der Waals surface area contributed by atoms with Gasteiger partial charge in [-0.25, -0.2) is 4.39 Å². The maximum absolute atomic E-state index is 12.8. The number of benzene rings is 1. The molecule has 96 valence electrons. The molecule has 0 atom stereocenters. The van der Waals surface area contributed by atoms with Gasteiger partial charge in [-0.2, -0.15) is 4.98 Å². The molecule has 0 N–H and O–H groups in total. The van der Waals surface area contributed by atoms with E-state index in [0.29, 0.717) is 17.5 Å². The Balaban J connectivity index is 1.70. The molecule has 0 amide bonds. The standard InChI is InChI=1S/C11H7FN4OS2/c12-8-3-1-7(2-4-8)10-14-9(17-16-10)5-18-11-15-13-6-19-11/h1-4,6H,5H2. The summed E-state index contributed by atoms with van der Waals surface area (Å²) in [5.41, 5.74) is 2.39. The summed E-state index contributed by atoms with van der Waals surface area (Å²) in [5.74, 6) is 1.19. The van der Waals surface area contributed by atoms with Crippen LogP contribution in [0.15, 0.2) is 38.6 Å². The lowest BCUT2D eigenvalue weighted by atomic mass is 10.2. The molecule has 0 saturated heterocycles. The van der Waals surface area contributed by atoms with Crippen molar-refractivity contribution in [3.05, 3.63) is 41.5 Å². The highest BCUT2D eigenvalue weighted by Gasteiger charge is 2.09. The van der Waals surface area contributed by atoms with Crippen LogP contribution in [0, 0.1) is 5.82 Å². The molecule has 8 heteroatoms. The van der Waals surface area contributed by atoms with Crippen LogP contribution in [0.3, 0.4) is 0 Å². The van der Waals surface area contributed by atoms with Crippen LogP contribution in [0.1, 0.15) is 5.89 Å². The van der Waals surface area contributed by atoms with Crippen molar-refractivity contribution in [1.82, 2.24) is 20.3 Å². The molecular formula is C11H7FN4OS2. The first-order valence-corrected chi connectivity index (χ1v) is 7.15. The van der Waals surface area contributed by atoms with Gasteiger partial charge >= 0.3 is 0 Å². The molecule has 5 nitrogen and oxygen atoms in total. The van der Waals surface area contributed by atoms with Crippen molar-refractivity contribution in [2.75, 3.05) is 0 Å². The number of nitrogens with zero attached hydrogens (tertiary/aromatic N) is 4. The smallest absolute Gasteiger partial charge is 0.237 e. The van der Waals surface area contributed by atoms with Gasteiger partial charge in [0.1, 0.15) is 11.3 Å². The Morgan fingerprint density at radius 3 is 2.84 bits per heavy atom. The molecule has 0 aliphatic heterocycles. The minimum absolute atomic E-state index is 0.292. The van der Waals surface area contributed by atoms with E-state index in [-0.39, 0.29) is 5.82 Å². The van der Waals surface area contributed by atoms with Crippen LogP contribution in [-0.2, 0) is 5.75 Å². The summed E-state index contributed by atoms with van der Waals surface area (Å²) in [6.45, 7) is 0. The van der Waals surface area contributed by atoms with Crippen molar-refractivity contribution in [2.24, 2.45) is 0 Å². The molecule has 0 aliphatic carbocycles. The Bertz CT molecular complexity index is 654. The Hall–Kier alpha value is -1.80. The summed E-state index contributed by atoms with van der Waals surface area (Å²) in [6, 6.07) is 5.95. The van der Waals surface area contributed by atoms with E-state index in [1.807, 2.05) is 0 Å². The molecule has 3 rings (SSSR count). The first-order chi connectivity index (χ1) is 9.31. The van der Waals surface area contributed by atoms with Crippen LogP contribution in [0.25, 0.3) is 11.4 Å². The molecule has 0 unspecified atom stereocenters. The van der Waals surface area contributed by atoms with Gasteiger partial charge in [0, 0.05) is 5.56 Å². The summed E-state index contributed by atoms with van der Waals surface area (Å²) < 4.78 is 18.8. The van der Waals surface area contributed by atoms with Crippen LogP contribution in [0.2, 0.25) is 0 Å². The van der Waals surface area contributed by atoms with Gasteiger partial charge in [0.25, 0.3) is 0 Å². The molecule has 0 fully saturated rings. The minimum atomic E-state index is -0.292. The van der Waals surface area contributed by atoms with E-state index in [2.05, 4.69) is 20.3 Å². The quantitative estimate of drug-likeness (QED) is 0.689. The Kier molecular flexibility index (Phi) is 3.51. The summed E-state index contributed by atoms with van der Waals surface area (Å²) in [6.07, 6.45) is 0. The van der Waals surface area contributed by atoms with E-state index in [1.54, 1.807) is 17.6 Å². The van der Waals surface area contributed by atoms with Crippen LogP contribution in [0.5, 0.6) is 0 Å². The van der Waals surface area contributed by atoms with Crippen LogP contribution >= 0.6 is 23.1 Å². The predicted octanol–water partition coefficient (Wildman–Crippen LogP) is 3.02. The second-order valence-corrected chi connectivity index (χ2v) is 5.57. The van der Waals surface area contributed by atoms with E-state index in [0.717, 1.165) is 9.90 Å². The highest BCUT2D eigenvalue weighted by molar-refractivity contribution is 8.00. The Labute approximate surface area is 115 Å². The van der Waals surface area contributed by atoms with E-state index in [9.17, 15) is 4.39 Å². The fraction of sp³-hybridized carbons (Fsp3) is 0.0909. The summed E-state index contributed by atoms with van der Waals surface area (Å²) in [5, 5.41) is 11.5. The SMILES string of the molecule is Fc1ccc(-c2noc(CSc3nncs3)n2)cc1. The second kappa shape index (κ2) is 5.45. The van der Waals surface area contributed by atoms with Crippen LogP contribution < -0.4 is 0 Å². The number of aromatic nitrogens is 4. The molecule has 1 aromatic carbocycles. The summed E-state index contributed by atoms with van der Waals surface area (Å²) in [4.78, 5) is 4.24. The van der Waals surface area contributed by atoms with Crippen molar-refractivity contribution in [3.8, 4) is 11.4 Å². The van der Waals surface area contributed by atoms with Crippen molar-refractivity contribution in [2.45, 2.75) is 10.1 Å². The minimum Gasteiger partial charge on any atom is -0.338 e. The van der Waals surface area contributed by atoms with E-state index < -0.39 is 0 Å². The number of thioether (sulfide) groups is 1. The summed E-state index contributed by atoms with van der Waals surface area (Å²) >= 11 is 2.94. The topological polar surface area (TPSA) is 64.7 Å². The highest BCUT2D eigenvalue weighted by atomic mass is 32.2. The van der Waals surface area contributed by atoms with Gasteiger partial charge in [-0.1, -0.05) is 28.3 Å². The first kappa shape index (κ1) is 12.2. The molecule has 2 heterocycles. The zero-order valence-corrected chi connectivity index (χ0v) is 11.1. The maximum atomic E-state index is 12.8. The van der Waals surface area contributed by atoms with Gasteiger partial charge in [-0.3, -0.25) is 0 Å². The zero-order valence-electron chi connectivity index (χ0n) is 9.49. The predicted molar refractivity (Wildman–Crippen MR) is 69.2 cm³/mol. The maximum Gasteiger partial charge on any atom is 0.237 e. The highest BCUT2D eigenvalue weighted by Crippen LogP contribution is 2.24. The Morgan fingerprint density at radius 2 is 2.11 bits per heavy atom. The Morgan fingerprint density at radius 1 is 1.26 bits per heavy atom. The normalized spacial score (nSPS) is 10.8. The van der Waals surface area contributed by atoms with Gasteiger partial charge in [-0.05, 0) is 24.3 Å². The van der Waals surface area contributed by atoms with Crippen molar-refractivity contribution in [1.29, 1.82) is 0 Å². The lowest BCUT2D eigenvalue weighted by Gasteiger charge is -1.92. The van der Waals surface area contributed by atoms with Crippen LogP contribution in [0.4, 0.5) is 4.39 Å². The number of rotatable bonds is 4. The number of hydrogen-bond donors (Lipinski definition) is 0. The summed E-state index contributed by atoms with van der Waals surface area (Å²) in [7, 11) is 0. The molecule has 2 aromatic heterocycles. The van der Waals surface area contributed by atoms with Gasteiger partial charge in [0.05, 0.1) is 5.75 Å². The molecular weight excluding hydrogens is 287 g/mol. The molecule has 0 radical (unpaired) electrons. The average molecular weight is 294 g/mol. The van der Waals surface area contributed by atoms with Crippen molar-refractivity contribution >= 4 is 23.1 Å². The van der Waals surface area contributed by atoms with Gasteiger partial charge in [-0.15, -0.1) is 10.2 Å². The lowest BCUT2D eigenvalue weighted by molar-refractivity contribution is 0.391. The molecule has 0 saturated carbocycles. The second-order valence-electron chi connectivity index (χ2n) is 3.51. The van der Waals surface area contributed by atoms with Crippen LogP contribution in [-0.4, -0.2) is 20.3 Å². The zero-order chi connectivity index (χ0) is 13.1. The third-order valence-corrected chi connectivity index (χ3v) is 4.07. The molecule has 19 heavy (non-hydrogen) atoms. The van der Waals surface area contributed by atoms with E-state index in [1.165, 1.54) is 35.2 Å². The van der Waals surface area contributed by atoms with Gasteiger partial charge in [0.15, 0.2) is 4.34 Å². The molecule has 3 aromatic rings. The molecule has 0 aliphatic rings. The van der Waals surface area contributed by atoms with Crippen molar-refractivity contribution < 1.29 is 8.91 Å². The largest absolute Gasteiger partial charge is 0.338 e. The number of halogens is 1. The fourth-order valence-corrected chi connectivity index (χ4v) is 2.70. The van der Waals surface area contributed by atoms with E-state index in [4.69, 9.17) is 4.52 Å². The lowest BCUT2D eigenvalue weighted by Crippen LogP contribution is -1.83. The third-order valence-electron chi connectivity index (χ3n) is 2.23. The van der Waals surface area contributed by atoms with Crippen molar-refractivity contribution in [3.63, 3.8) is 0 Å². The molecule has 0 spiro atoms. The van der Waals surface area contributed by atoms with Gasteiger partial charge in [0.2, 0.25) is 11.7 Å². The van der Waals surface area contributed by atoms with Gasteiger partial charge < -0.3 is 4.52 Å².